The molecule has 0 fully saturated rings. The summed E-state index contributed by atoms with van der Waals surface area (Å²) >= 11 is 2.02. The minimum atomic E-state index is 0. The first-order valence-corrected chi connectivity index (χ1v) is 13.3. The summed E-state index contributed by atoms with van der Waals surface area (Å²) in [5.41, 5.74) is 8.94. The second-order valence-electron chi connectivity index (χ2n) is 9.46. The first-order valence-electron chi connectivity index (χ1n) is 12.2. The van der Waals surface area contributed by atoms with E-state index in [1.807, 2.05) is 11.8 Å². The zero-order valence-electron chi connectivity index (χ0n) is 21.9. The molecule has 178 valence electrons. The molecule has 0 unspecified atom stereocenters. The molecule has 0 atom stereocenters. The van der Waals surface area contributed by atoms with Crippen molar-refractivity contribution in [2.24, 2.45) is 0 Å². The van der Waals surface area contributed by atoms with Crippen LogP contribution in [0.25, 0.3) is 0 Å². The number of hydrogen-bond donors (Lipinski definition) is 0. The SMILES string of the molecule is CC(C)=CCCC(C)=CCCC(C)=CCSCC=C(C)CCC=C(C)CCC=C(C)C.[NaH]. The zero-order valence-corrected chi connectivity index (χ0v) is 22.8. The van der Waals surface area contributed by atoms with E-state index in [0.717, 1.165) is 11.5 Å². The minimum absolute atomic E-state index is 0. The Hall–Kier alpha value is -0.210. The van der Waals surface area contributed by atoms with E-state index in [2.05, 4.69) is 91.8 Å². The van der Waals surface area contributed by atoms with Gasteiger partial charge in [-0.15, -0.1) is 0 Å². The van der Waals surface area contributed by atoms with Crippen molar-refractivity contribution in [3.8, 4) is 0 Å². The first-order chi connectivity index (χ1) is 14.7. The van der Waals surface area contributed by atoms with Gasteiger partial charge in [-0.2, -0.15) is 11.8 Å². The van der Waals surface area contributed by atoms with Crippen LogP contribution in [0, 0.1) is 0 Å². The molecule has 0 amide bonds. The van der Waals surface area contributed by atoms with Crippen LogP contribution in [-0.4, -0.2) is 41.1 Å². The molecule has 0 aromatic carbocycles. The van der Waals surface area contributed by atoms with Crippen molar-refractivity contribution < 1.29 is 0 Å². The summed E-state index contributed by atoms with van der Waals surface area (Å²) in [5, 5.41) is 0. The van der Waals surface area contributed by atoms with E-state index in [4.69, 9.17) is 0 Å². The van der Waals surface area contributed by atoms with Gasteiger partial charge in [0.1, 0.15) is 0 Å². The average molecular weight is 467 g/mol. The van der Waals surface area contributed by atoms with Crippen molar-refractivity contribution in [2.45, 2.75) is 107 Å². The maximum atomic E-state index is 2.42. The van der Waals surface area contributed by atoms with Gasteiger partial charge in [0, 0.05) is 11.5 Å². The fourth-order valence-corrected chi connectivity index (χ4v) is 4.09. The van der Waals surface area contributed by atoms with Crippen LogP contribution in [0.3, 0.4) is 0 Å². The molecule has 0 aliphatic carbocycles. The Morgan fingerprint density at radius 2 is 0.719 bits per heavy atom. The topological polar surface area (TPSA) is 0 Å². The molecule has 0 aromatic rings. The van der Waals surface area contributed by atoms with Crippen LogP contribution in [-0.2, 0) is 0 Å². The number of rotatable bonds is 16. The zero-order chi connectivity index (χ0) is 23.5. The molecule has 0 nitrogen and oxygen atoms in total. The second-order valence-corrected chi connectivity index (χ2v) is 10.5. The third-order valence-corrected chi connectivity index (χ3v) is 6.15. The summed E-state index contributed by atoms with van der Waals surface area (Å²) in [5.74, 6) is 2.25. The number of allylic oxidation sites excluding steroid dienone is 10. The van der Waals surface area contributed by atoms with E-state index in [1.165, 1.54) is 84.8 Å². The third-order valence-electron chi connectivity index (χ3n) is 5.34. The van der Waals surface area contributed by atoms with Crippen molar-refractivity contribution in [2.75, 3.05) is 11.5 Å². The Morgan fingerprint density at radius 1 is 0.438 bits per heavy atom. The van der Waals surface area contributed by atoms with Crippen LogP contribution in [0.4, 0.5) is 0 Å². The van der Waals surface area contributed by atoms with Crippen molar-refractivity contribution >= 4 is 41.3 Å². The Morgan fingerprint density at radius 3 is 1.03 bits per heavy atom. The molecule has 0 aliphatic rings. The normalized spacial score (nSPS) is 13.0. The monoisotopic (exact) mass is 466 g/mol. The van der Waals surface area contributed by atoms with Crippen LogP contribution < -0.4 is 0 Å². The molecule has 0 aliphatic heterocycles. The number of thioether (sulfide) groups is 1. The average Bonchev–Trinajstić information content (AvgIpc) is 2.67. The Labute approximate surface area is 228 Å². The summed E-state index contributed by atoms with van der Waals surface area (Å²) in [6.07, 6.45) is 23.8. The molecule has 0 aromatic heterocycles. The maximum absolute atomic E-state index is 2.42. The van der Waals surface area contributed by atoms with Gasteiger partial charge in [0.15, 0.2) is 0 Å². The van der Waals surface area contributed by atoms with Crippen LogP contribution in [0.2, 0.25) is 0 Å². The fourth-order valence-electron chi connectivity index (χ4n) is 3.15. The van der Waals surface area contributed by atoms with Gasteiger partial charge in [-0.25, -0.2) is 0 Å². The van der Waals surface area contributed by atoms with Gasteiger partial charge in [0.25, 0.3) is 0 Å². The Bertz CT molecular complexity index is 605. The van der Waals surface area contributed by atoms with Gasteiger partial charge in [0.05, 0.1) is 0 Å². The second kappa shape index (κ2) is 22.6. The van der Waals surface area contributed by atoms with Gasteiger partial charge in [-0.3, -0.25) is 0 Å². The van der Waals surface area contributed by atoms with E-state index in [9.17, 15) is 0 Å². The van der Waals surface area contributed by atoms with Crippen molar-refractivity contribution in [3.63, 3.8) is 0 Å². The summed E-state index contributed by atoms with van der Waals surface area (Å²) in [6, 6.07) is 0. The van der Waals surface area contributed by atoms with Crippen molar-refractivity contribution in [1.82, 2.24) is 0 Å². The molecule has 0 radical (unpaired) electrons. The Kier molecular flexibility index (Phi) is 24.0. The van der Waals surface area contributed by atoms with E-state index < -0.39 is 0 Å². The predicted molar refractivity (Wildman–Crippen MR) is 155 cm³/mol. The molecule has 0 bridgehead atoms. The number of hydrogen-bond acceptors (Lipinski definition) is 1. The van der Waals surface area contributed by atoms with Crippen molar-refractivity contribution in [1.29, 1.82) is 0 Å². The molecule has 0 spiro atoms. The summed E-state index contributed by atoms with van der Waals surface area (Å²) in [4.78, 5) is 0. The molecular formula is C30H51NaS. The molecule has 0 saturated carbocycles. The fraction of sp³-hybridized carbons (Fsp3) is 0.600. The molecule has 2 heteroatoms. The Balaban J connectivity index is 0. The molecule has 0 rings (SSSR count). The molecule has 0 saturated heterocycles. The summed E-state index contributed by atoms with van der Waals surface area (Å²) < 4.78 is 0. The molecule has 32 heavy (non-hydrogen) atoms. The van der Waals surface area contributed by atoms with Gasteiger partial charge in [0.2, 0.25) is 0 Å². The molecule has 0 heterocycles. The van der Waals surface area contributed by atoms with E-state index in [1.54, 1.807) is 0 Å². The van der Waals surface area contributed by atoms with E-state index in [-0.39, 0.29) is 29.6 Å². The predicted octanol–water partition coefficient (Wildman–Crippen LogP) is 9.91. The van der Waals surface area contributed by atoms with Gasteiger partial charge in [-0.1, -0.05) is 69.9 Å². The summed E-state index contributed by atoms with van der Waals surface area (Å²) in [7, 11) is 0. The quantitative estimate of drug-likeness (QED) is 0.124. The van der Waals surface area contributed by atoms with Crippen molar-refractivity contribution in [3.05, 3.63) is 69.9 Å². The van der Waals surface area contributed by atoms with E-state index >= 15 is 0 Å². The van der Waals surface area contributed by atoms with Gasteiger partial charge >= 0.3 is 29.6 Å². The van der Waals surface area contributed by atoms with E-state index in [0.29, 0.717) is 0 Å². The van der Waals surface area contributed by atoms with Gasteiger partial charge in [-0.05, 0) is 107 Å². The van der Waals surface area contributed by atoms with Crippen LogP contribution in [0.1, 0.15) is 107 Å². The molecular weight excluding hydrogens is 415 g/mol. The standard InChI is InChI=1S/C30H50S.Na.H/c1-25(2)13-9-15-27(5)17-11-19-29(7)21-23-31-24-22-30(8)20-12-18-28(6)16-10-14-26(3)4;;/h13-14,17-18,21-22H,9-12,15-16,19-20,23-24H2,1-8H3;;. The first kappa shape index (κ1) is 34.0. The van der Waals surface area contributed by atoms with Crippen LogP contribution in [0.15, 0.2) is 69.9 Å². The molecule has 0 N–H and O–H groups in total. The summed E-state index contributed by atoms with van der Waals surface area (Å²) in [6.45, 7) is 17.8. The third kappa shape index (κ3) is 24.4. The van der Waals surface area contributed by atoms with Gasteiger partial charge < -0.3 is 0 Å². The van der Waals surface area contributed by atoms with Crippen LogP contribution >= 0.6 is 11.8 Å². The van der Waals surface area contributed by atoms with Crippen LogP contribution in [0.5, 0.6) is 0 Å².